The number of hydrogen-bond donors (Lipinski definition) is 2. The van der Waals surface area contributed by atoms with E-state index in [4.69, 9.17) is 0 Å². The average molecular weight is 290 g/mol. The number of rotatable bonds is 4. The number of pyridine rings is 1. The van der Waals surface area contributed by atoms with Gasteiger partial charge in [-0.25, -0.2) is 9.78 Å². The minimum Gasteiger partial charge on any atom is -0.478 e. The molecule has 106 valence electrons. The summed E-state index contributed by atoms with van der Waals surface area (Å²) in [7, 11) is 0. The van der Waals surface area contributed by atoms with Crippen molar-refractivity contribution in [3.8, 4) is 0 Å². The molecule has 0 aliphatic heterocycles. The number of anilines is 1. The van der Waals surface area contributed by atoms with Crippen LogP contribution < -0.4 is 5.32 Å². The molecule has 0 aliphatic carbocycles. The van der Waals surface area contributed by atoms with Gasteiger partial charge in [0.25, 0.3) is 0 Å². The van der Waals surface area contributed by atoms with Gasteiger partial charge < -0.3 is 10.4 Å². The molecule has 5 heteroatoms. The maximum atomic E-state index is 11.2. The number of carboxylic acids is 1. The Labute approximate surface area is 122 Å². The molecule has 1 unspecified atom stereocenters. The second-order valence-electron chi connectivity index (χ2n) is 4.89. The first-order valence-corrected chi connectivity index (χ1v) is 7.24. The summed E-state index contributed by atoms with van der Waals surface area (Å²) in [5.74, 6) is -0.543. The Morgan fingerprint density at radius 3 is 2.60 bits per heavy atom. The van der Waals surface area contributed by atoms with E-state index in [1.165, 1.54) is 15.3 Å². The highest BCUT2D eigenvalue weighted by atomic mass is 32.1. The third kappa shape index (κ3) is 2.99. The summed E-state index contributed by atoms with van der Waals surface area (Å²) in [5, 5.41) is 12.4. The number of aromatic carboxylic acids is 1. The van der Waals surface area contributed by atoms with Crippen LogP contribution in [0.2, 0.25) is 0 Å². The molecule has 0 saturated carbocycles. The van der Waals surface area contributed by atoms with Gasteiger partial charge in [0.1, 0.15) is 11.4 Å². The van der Waals surface area contributed by atoms with Gasteiger partial charge >= 0.3 is 5.97 Å². The molecule has 0 saturated heterocycles. The zero-order valence-corrected chi connectivity index (χ0v) is 12.8. The van der Waals surface area contributed by atoms with Crippen LogP contribution in [0.4, 0.5) is 5.82 Å². The van der Waals surface area contributed by atoms with Crippen LogP contribution >= 0.6 is 11.3 Å². The zero-order valence-electron chi connectivity index (χ0n) is 12.0. The first-order valence-electron chi connectivity index (χ1n) is 6.43. The maximum Gasteiger partial charge on any atom is 0.339 e. The summed E-state index contributed by atoms with van der Waals surface area (Å²) in [4.78, 5) is 18.0. The molecule has 0 aromatic carbocycles. The second-order valence-corrected chi connectivity index (χ2v) is 6.35. The van der Waals surface area contributed by atoms with Crippen LogP contribution in [0.5, 0.6) is 0 Å². The van der Waals surface area contributed by atoms with Gasteiger partial charge in [0.15, 0.2) is 0 Å². The first kappa shape index (κ1) is 14.5. The van der Waals surface area contributed by atoms with Crippen molar-refractivity contribution in [2.45, 2.75) is 33.7 Å². The predicted octanol–water partition coefficient (Wildman–Crippen LogP) is 3.94. The Kier molecular flexibility index (Phi) is 4.09. The summed E-state index contributed by atoms with van der Waals surface area (Å²) in [5.41, 5.74) is 2.18. The van der Waals surface area contributed by atoms with Crippen molar-refractivity contribution in [2.24, 2.45) is 0 Å². The van der Waals surface area contributed by atoms with Crippen molar-refractivity contribution in [1.29, 1.82) is 0 Å². The Morgan fingerprint density at radius 1 is 1.35 bits per heavy atom. The van der Waals surface area contributed by atoms with E-state index >= 15 is 0 Å². The van der Waals surface area contributed by atoms with E-state index in [-0.39, 0.29) is 11.6 Å². The summed E-state index contributed by atoms with van der Waals surface area (Å²) in [6.45, 7) is 8.01. The first-order chi connectivity index (χ1) is 9.38. The molecule has 2 heterocycles. The fourth-order valence-corrected chi connectivity index (χ4v) is 3.22. The fraction of sp³-hybridized carbons (Fsp3) is 0.333. The van der Waals surface area contributed by atoms with E-state index < -0.39 is 5.97 Å². The Bertz CT molecular complexity index is 649. The van der Waals surface area contributed by atoms with Crippen LogP contribution in [0.3, 0.4) is 0 Å². The van der Waals surface area contributed by atoms with Crippen molar-refractivity contribution in [3.05, 3.63) is 44.8 Å². The number of carbonyl (C=O) groups is 1. The van der Waals surface area contributed by atoms with Gasteiger partial charge in [-0.3, -0.25) is 0 Å². The van der Waals surface area contributed by atoms with E-state index in [0.29, 0.717) is 5.82 Å². The van der Waals surface area contributed by atoms with E-state index in [1.54, 1.807) is 23.5 Å². The average Bonchev–Trinajstić information content (AvgIpc) is 2.68. The molecule has 0 fully saturated rings. The van der Waals surface area contributed by atoms with Gasteiger partial charge in [0.05, 0.1) is 6.04 Å². The molecule has 0 radical (unpaired) electrons. The topological polar surface area (TPSA) is 62.2 Å². The summed E-state index contributed by atoms with van der Waals surface area (Å²) in [6.07, 6.45) is 0. The SMILES string of the molecule is Cc1ccc(C(=O)O)c(NC(C)c2cc(C)sc2C)n1. The van der Waals surface area contributed by atoms with Crippen LogP contribution in [0.25, 0.3) is 0 Å². The van der Waals surface area contributed by atoms with Gasteiger partial charge in [-0.2, -0.15) is 0 Å². The molecule has 20 heavy (non-hydrogen) atoms. The van der Waals surface area contributed by atoms with Crippen molar-refractivity contribution in [2.75, 3.05) is 5.32 Å². The monoisotopic (exact) mass is 290 g/mol. The number of thiophene rings is 1. The van der Waals surface area contributed by atoms with Crippen molar-refractivity contribution in [1.82, 2.24) is 4.98 Å². The van der Waals surface area contributed by atoms with Crippen molar-refractivity contribution >= 4 is 23.1 Å². The number of aryl methyl sites for hydroxylation is 3. The number of nitrogens with one attached hydrogen (secondary N) is 1. The molecular weight excluding hydrogens is 272 g/mol. The fourth-order valence-electron chi connectivity index (χ4n) is 2.20. The maximum absolute atomic E-state index is 11.2. The zero-order chi connectivity index (χ0) is 14.9. The minimum atomic E-state index is -0.967. The number of nitrogens with zero attached hydrogens (tertiary/aromatic N) is 1. The molecule has 2 aromatic heterocycles. The Balaban J connectivity index is 2.32. The van der Waals surface area contributed by atoms with Gasteiger partial charge in [-0.1, -0.05) is 0 Å². The van der Waals surface area contributed by atoms with E-state index in [0.717, 1.165) is 5.69 Å². The lowest BCUT2D eigenvalue weighted by molar-refractivity contribution is 0.0697. The summed E-state index contributed by atoms with van der Waals surface area (Å²) in [6, 6.07) is 5.45. The van der Waals surface area contributed by atoms with Crippen LogP contribution in [0.1, 0.15) is 44.3 Å². The molecule has 2 rings (SSSR count). The standard InChI is InChI=1S/C15H18N2O2S/c1-8-5-6-12(15(18)19)14(16-8)17-10(3)13-7-9(2)20-11(13)4/h5-7,10H,1-4H3,(H,16,17)(H,18,19). The van der Waals surface area contributed by atoms with Gasteiger partial charge in [-0.15, -0.1) is 11.3 Å². The van der Waals surface area contributed by atoms with Crippen LogP contribution in [-0.2, 0) is 0 Å². The van der Waals surface area contributed by atoms with Crippen LogP contribution in [0.15, 0.2) is 18.2 Å². The second kappa shape index (κ2) is 5.63. The lowest BCUT2D eigenvalue weighted by atomic mass is 10.1. The smallest absolute Gasteiger partial charge is 0.339 e. The molecule has 1 atom stereocenters. The minimum absolute atomic E-state index is 0.0207. The lowest BCUT2D eigenvalue weighted by Gasteiger charge is -2.16. The van der Waals surface area contributed by atoms with Crippen molar-refractivity contribution in [3.63, 3.8) is 0 Å². The highest BCUT2D eigenvalue weighted by Gasteiger charge is 2.16. The van der Waals surface area contributed by atoms with E-state index in [1.807, 2.05) is 13.8 Å². The normalized spacial score (nSPS) is 12.2. The highest BCUT2D eigenvalue weighted by molar-refractivity contribution is 7.12. The van der Waals surface area contributed by atoms with E-state index in [2.05, 4.69) is 30.2 Å². The number of hydrogen-bond acceptors (Lipinski definition) is 4. The van der Waals surface area contributed by atoms with Crippen LogP contribution in [-0.4, -0.2) is 16.1 Å². The van der Waals surface area contributed by atoms with Crippen molar-refractivity contribution < 1.29 is 9.90 Å². The third-order valence-electron chi connectivity index (χ3n) is 3.16. The lowest BCUT2D eigenvalue weighted by Crippen LogP contribution is -2.13. The van der Waals surface area contributed by atoms with Gasteiger partial charge in [0.2, 0.25) is 0 Å². The molecule has 2 N–H and O–H groups in total. The van der Waals surface area contributed by atoms with Crippen LogP contribution in [0, 0.1) is 20.8 Å². The largest absolute Gasteiger partial charge is 0.478 e. The molecule has 0 spiro atoms. The quantitative estimate of drug-likeness (QED) is 0.895. The van der Waals surface area contributed by atoms with Gasteiger partial charge in [0, 0.05) is 15.4 Å². The molecule has 0 bridgehead atoms. The predicted molar refractivity (Wildman–Crippen MR) is 81.8 cm³/mol. The molecule has 0 amide bonds. The summed E-state index contributed by atoms with van der Waals surface area (Å²) < 4.78 is 0. The third-order valence-corrected chi connectivity index (χ3v) is 4.15. The molecule has 2 aromatic rings. The summed E-state index contributed by atoms with van der Waals surface area (Å²) >= 11 is 1.75. The number of carboxylic acid groups (broad SMARTS) is 1. The van der Waals surface area contributed by atoms with Gasteiger partial charge in [-0.05, 0) is 51.5 Å². The Hall–Kier alpha value is -1.88. The molecular formula is C15H18N2O2S. The Morgan fingerprint density at radius 2 is 2.05 bits per heavy atom. The molecule has 0 aliphatic rings. The highest BCUT2D eigenvalue weighted by Crippen LogP contribution is 2.29. The molecule has 4 nitrogen and oxygen atoms in total. The number of aromatic nitrogens is 1. The van der Waals surface area contributed by atoms with E-state index in [9.17, 15) is 9.90 Å².